The summed E-state index contributed by atoms with van der Waals surface area (Å²) < 4.78 is 7.20. The van der Waals surface area contributed by atoms with Crippen molar-refractivity contribution in [2.45, 2.75) is 50.7 Å². The summed E-state index contributed by atoms with van der Waals surface area (Å²) >= 11 is 0. The lowest BCUT2D eigenvalue weighted by Gasteiger charge is -2.27. The highest BCUT2D eigenvalue weighted by molar-refractivity contribution is 5.78. The van der Waals surface area contributed by atoms with Gasteiger partial charge in [-0.05, 0) is 44.9 Å². The number of carbonyl (C=O) groups is 2. The molecule has 0 spiro atoms. The number of carbonyl (C=O) groups excluding carboxylic acids is 2. The van der Waals surface area contributed by atoms with Gasteiger partial charge in [0.25, 0.3) is 0 Å². The van der Waals surface area contributed by atoms with Crippen molar-refractivity contribution in [1.29, 1.82) is 0 Å². The number of rotatable bonds is 7. The SMILES string of the molecule is CN1[C@@H](CC(=O)NCc2nnc3ccccn23)CC[C@H]1CNC(=O)C1CCOCC1. The molecule has 2 fully saturated rings. The minimum atomic E-state index is 0.00595. The molecule has 4 heterocycles. The van der Waals surface area contributed by atoms with Gasteiger partial charge in [-0.2, -0.15) is 0 Å². The molecule has 0 radical (unpaired) electrons. The normalized spacial score (nSPS) is 23.0. The average Bonchev–Trinajstić information content (AvgIpc) is 3.35. The summed E-state index contributed by atoms with van der Waals surface area (Å²) in [6, 6.07) is 6.16. The minimum absolute atomic E-state index is 0.00595. The van der Waals surface area contributed by atoms with Gasteiger partial charge < -0.3 is 15.4 Å². The Balaban J connectivity index is 1.21. The van der Waals surface area contributed by atoms with Crippen molar-refractivity contribution in [3.8, 4) is 0 Å². The van der Waals surface area contributed by atoms with Crippen LogP contribution in [-0.4, -0.2) is 70.2 Å². The minimum Gasteiger partial charge on any atom is -0.381 e. The summed E-state index contributed by atoms with van der Waals surface area (Å²) in [5.74, 6) is 0.924. The van der Waals surface area contributed by atoms with Crippen LogP contribution >= 0.6 is 0 Å². The van der Waals surface area contributed by atoms with Crippen LogP contribution in [0.4, 0.5) is 0 Å². The van der Waals surface area contributed by atoms with E-state index in [-0.39, 0.29) is 29.8 Å². The molecule has 9 nitrogen and oxygen atoms in total. The molecule has 2 aromatic heterocycles. The number of hydrogen-bond acceptors (Lipinski definition) is 6. The van der Waals surface area contributed by atoms with Gasteiger partial charge in [-0.15, -0.1) is 10.2 Å². The molecule has 0 saturated carbocycles. The highest BCUT2D eigenvalue weighted by atomic mass is 16.5. The molecule has 4 rings (SSSR count). The van der Waals surface area contributed by atoms with Crippen LogP contribution in [-0.2, 0) is 20.9 Å². The van der Waals surface area contributed by atoms with Crippen LogP contribution in [0.15, 0.2) is 24.4 Å². The number of nitrogens with one attached hydrogen (secondary N) is 2. The van der Waals surface area contributed by atoms with Crippen molar-refractivity contribution in [1.82, 2.24) is 30.1 Å². The van der Waals surface area contributed by atoms with E-state index in [9.17, 15) is 9.59 Å². The zero-order valence-electron chi connectivity index (χ0n) is 17.4. The van der Waals surface area contributed by atoms with Crippen LogP contribution in [0.5, 0.6) is 0 Å². The third-order valence-corrected chi connectivity index (χ3v) is 6.34. The molecule has 0 aliphatic carbocycles. The van der Waals surface area contributed by atoms with Crippen molar-refractivity contribution in [3.05, 3.63) is 30.2 Å². The van der Waals surface area contributed by atoms with Gasteiger partial charge in [-0.1, -0.05) is 6.07 Å². The van der Waals surface area contributed by atoms with Crippen LogP contribution in [0.1, 0.15) is 37.9 Å². The number of amides is 2. The molecule has 30 heavy (non-hydrogen) atoms. The Labute approximate surface area is 176 Å². The van der Waals surface area contributed by atoms with E-state index in [2.05, 4.69) is 25.7 Å². The van der Waals surface area contributed by atoms with Gasteiger partial charge in [0, 0.05) is 50.4 Å². The van der Waals surface area contributed by atoms with E-state index < -0.39 is 0 Å². The summed E-state index contributed by atoms with van der Waals surface area (Å²) in [7, 11) is 2.04. The number of ether oxygens (including phenoxy) is 1. The van der Waals surface area contributed by atoms with E-state index in [0.29, 0.717) is 38.5 Å². The number of hydrogen-bond donors (Lipinski definition) is 2. The summed E-state index contributed by atoms with van der Waals surface area (Å²) in [4.78, 5) is 27.1. The van der Waals surface area contributed by atoms with E-state index in [4.69, 9.17) is 4.74 Å². The maximum Gasteiger partial charge on any atom is 0.223 e. The quantitative estimate of drug-likeness (QED) is 0.693. The van der Waals surface area contributed by atoms with E-state index in [1.165, 1.54) is 0 Å². The zero-order chi connectivity index (χ0) is 20.9. The van der Waals surface area contributed by atoms with Crippen LogP contribution in [0.3, 0.4) is 0 Å². The Morgan fingerprint density at radius 2 is 1.90 bits per heavy atom. The molecule has 2 aromatic rings. The van der Waals surface area contributed by atoms with Gasteiger partial charge in [0.2, 0.25) is 11.8 Å². The monoisotopic (exact) mass is 414 g/mol. The molecule has 2 amide bonds. The molecule has 162 valence electrons. The number of pyridine rings is 1. The largest absolute Gasteiger partial charge is 0.381 e. The fourth-order valence-corrected chi connectivity index (χ4v) is 4.38. The Bertz CT molecular complexity index is 879. The van der Waals surface area contributed by atoms with E-state index in [1.807, 2.05) is 35.8 Å². The molecule has 0 unspecified atom stereocenters. The van der Waals surface area contributed by atoms with Crippen molar-refractivity contribution in [2.24, 2.45) is 5.92 Å². The summed E-state index contributed by atoms with van der Waals surface area (Å²) in [6.45, 7) is 2.33. The number of likely N-dealkylation sites (tertiary alicyclic amines) is 1. The summed E-state index contributed by atoms with van der Waals surface area (Å²) in [6.07, 6.45) is 5.87. The van der Waals surface area contributed by atoms with Crippen LogP contribution in [0, 0.1) is 5.92 Å². The highest BCUT2D eigenvalue weighted by Gasteiger charge is 2.32. The second kappa shape index (κ2) is 9.53. The number of fused-ring (bicyclic) bond motifs is 1. The Hall–Kier alpha value is -2.52. The highest BCUT2D eigenvalue weighted by Crippen LogP contribution is 2.24. The molecule has 2 aliphatic heterocycles. The Morgan fingerprint density at radius 1 is 1.10 bits per heavy atom. The smallest absolute Gasteiger partial charge is 0.223 e. The Morgan fingerprint density at radius 3 is 2.73 bits per heavy atom. The molecule has 2 N–H and O–H groups in total. The molecule has 9 heteroatoms. The number of nitrogens with zero attached hydrogens (tertiary/aromatic N) is 4. The first-order valence-electron chi connectivity index (χ1n) is 10.7. The molecule has 2 saturated heterocycles. The molecule has 0 bridgehead atoms. The first-order chi connectivity index (χ1) is 14.6. The predicted molar refractivity (Wildman–Crippen MR) is 111 cm³/mol. The van der Waals surface area contributed by atoms with Crippen LogP contribution in [0.25, 0.3) is 5.65 Å². The van der Waals surface area contributed by atoms with Gasteiger partial charge in [0.1, 0.15) is 0 Å². The standard InChI is InChI=1S/C21H30N6O3/c1-26-16(5-6-17(26)13-23-21(29)15-7-10-30-11-8-15)12-20(28)22-14-19-25-24-18-4-2-3-9-27(18)19/h2-4,9,15-17H,5-8,10-14H2,1H3,(H,22,28)(H,23,29)/t16-,17+/m1/s1. The fourth-order valence-electron chi connectivity index (χ4n) is 4.38. The fraction of sp³-hybridized carbons (Fsp3) is 0.619. The lowest BCUT2D eigenvalue weighted by molar-refractivity contribution is -0.128. The van der Waals surface area contributed by atoms with Crippen molar-refractivity contribution < 1.29 is 14.3 Å². The molecule has 0 aromatic carbocycles. The van der Waals surface area contributed by atoms with E-state index >= 15 is 0 Å². The Kier molecular flexibility index (Phi) is 6.59. The molecular weight excluding hydrogens is 384 g/mol. The lowest BCUT2D eigenvalue weighted by Crippen LogP contribution is -2.44. The first kappa shape index (κ1) is 20.7. The van der Waals surface area contributed by atoms with E-state index in [0.717, 1.165) is 31.3 Å². The summed E-state index contributed by atoms with van der Waals surface area (Å²) in [5.41, 5.74) is 0.767. The lowest BCUT2D eigenvalue weighted by atomic mass is 9.99. The molecule has 2 aliphatic rings. The average molecular weight is 415 g/mol. The predicted octanol–water partition coefficient (Wildman–Crippen LogP) is 0.741. The maximum atomic E-state index is 12.5. The van der Waals surface area contributed by atoms with Gasteiger partial charge in [0.15, 0.2) is 11.5 Å². The first-order valence-corrected chi connectivity index (χ1v) is 10.7. The van der Waals surface area contributed by atoms with Crippen LogP contribution in [0.2, 0.25) is 0 Å². The second-order valence-electron chi connectivity index (χ2n) is 8.21. The second-order valence-corrected chi connectivity index (χ2v) is 8.21. The third-order valence-electron chi connectivity index (χ3n) is 6.34. The summed E-state index contributed by atoms with van der Waals surface area (Å²) in [5, 5.41) is 14.3. The van der Waals surface area contributed by atoms with Crippen molar-refractivity contribution >= 4 is 17.5 Å². The van der Waals surface area contributed by atoms with Crippen LogP contribution < -0.4 is 10.6 Å². The third kappa shape index (κ3) is 4.79. The number of likely N-dealkylation sites (N-methyl/N-ethyl adjacent to an activating group) is 1. The van der Waals surface area contributed by atoms with Gasteiger partial charge >= 0.3 is 0 Å². The van der Waals surface area contributed by atoms with Crippen molar-refractivity contribution in [2.75, 3.05) is 26.8 Å². The van der Waals surface area contributed by atoms with Gasteiger partial charge in [-0.3, -0.25) is 18.9 Å². The topological polar surface area (TPSA) is 101 Å². The molecule has 2 atom stereocenters. The van der Waals surface area contributed by atoms with Gasteiger partial charge in [0.05, 0.1) is 6.54 Å². The number of aromatic nitrogens is 3. The van der Waals surface area contributed by atoms with Crippen molar-refractivity contribution in [3.63, 3.8) is 0 Å². The van der Waals surface area contributed by atoms with E-state index in [1.54, 1.807) is 0 Å². The maximum absolute atomic E-state index is 12.5. The zero-order valence-corrected chi connectivity index (χ0v) is 17.4. The molecular formula is C21H30N6O3. The van der Waals surface area contributed by atoms with Gasteiger partial charge in [-0.25, -0.2) is 0 Å².